The highest BCUT2D eigenvalue weighted by molar-refractivity contribution is 7.89. The van der Waals surface area contributed by atoms with Gasteiger partial charge in [-0.05, 0) is 43.1 Å². The van der Waals surface area contributed by atoms with Crippen LogP contribution in [0.3, 0.4) is 0 Å². The van der Waals surface area contributed by atoms with Gasteiger partial charge in [0, 0.05) is 24.7 Å². The third-order valence-electron chi connectivity index (χ3n) is 3.64. The van der Waals surface area contributed by atoms with Gasteiger partial charge in [0.05, 0.1) is 11.0 Å². The number of sulfonamides is 1. The van der Waals surface area contributed by atoms with Gasteiger partial charge < -0.3 is 10.1 Å². The second kappa shape index (κ2) is 7.07. The number of nitrogens with one attached hydrogen (secondary N) is 2. The molecule has 2 N–H and O–H groups in total. The number of methoxy groups -OCH3 is 1. The van der Waals surface area contributed by atoms with Crippen LogP contribution >= 0.6 is 11.6 Å². The van der Waals surface area contributed by atoms with E-state index in [4.69, 9.17) is 16.3 Å². The molecule has 2 rings (SSSR count). The van der Waals surface area contributed by atoms with Gasteiger partial charge in [-0.1, -0.05) is 18.5 Å². The van der Waals surface area contributed by atoms with Crippen molar-refractivity contribution in [2.24, 2.45) is 0 Å². The van der Waals surface area contributed by atoms with Gasteiger partial charge in [-0.3, -0.25) is 0 Å². The van der Waals surface area contributed by atoms with Crippen LogP contribution in [0.4, 0.5) is 0 Å². The van der Waals surface area contributed by atoms with Crippen LogP contribution in [-0.2, 0) is 21.3 Å². The number of rotatable bonds is 7. The Balaban J connectivity index is 2.09. The molecule has 0 aliphatic heterocycles. The molecule has 0 amide bonds. The van der Waals surface area contributed by atoms with Crippen molar-refractivity contribution in [3.05, 3.63) is 28.8 Å². The molecule has 1 aromatic carbocycles. The van der Waals surface area contributed by atoms with Crippen LogP contribution in [0.25, 0.3) is 0 Å². The van der Waals surface area contributed by atoms with Crippen LogP contribution in [0.1, 0.15) is 25.3 Å². The smallest absolute Gasteiger partial charge is 0.240 e. The van der Waals surface area contributed by atoms with E-state index >= 15 is 0 Å². The molecule has 21 heavy (non-hydrogen) atoms. The summed E-state index contributed by atoms with van der Waals surface area (Å²) in [6.45, 7) is 3.33. The summed E-state index contributed by atoms with van der Waals surface area (Å²) in [7, 11) is -1.87. The number of hydrogen-bond donors (Lipinski definition) is 2. The minimum absolute atomic E-state index is 0.0483. The lowest BCUT2D eigenvalue weighted by molar-refractivity contribution is 0.0236. The van der Waals surface area contributed by atoms with Crippen molar-refractivity contribution in [3.8, 4) is 0 Å². The van der Waals surface area contributed by atoms with Gasteiger partial charge in [-0.2, -0.15) is 0 Å². The maximum absolute atomic E-state index is 12.4. The number of ether oxygens (including phenoxy) is 1. The van der Waals surface area contributed by atoms with Crippen LogP contribution in [-0.4, -0.2) is 34.2 Å². The fourth-order valence-corrected chi connectivity index (χ4v) is 3.75. The maximum Gasteiger partial charge on any atom is 0.240 e. The van der Waals surface area contributed by atoms with E-state index in [0.717, 1.165) is 12.1 Å². The molecule has 1 saturated carbocycles. The summed E-state index contributed by atoms with van der Waals surface area (Å²) in [4.78, 5) is 0.251. The van der Waals surface area contributed by atoms with Gasteiger partial charge in [0.2, 0.25) is 10.0 Å². The summed E-state index contributed by atoms with van der Waals surface area (Å²) < 4.78 is 32.6. The Morgan fingerprint density at radius 2 is 2.10 bits per heavy atom. The van der Waals surface area contributed by atoms with Crippen LogP contribution in [0.5, 0.6) is 0 Å². The predicted octanol–water partition coefficient (Wildman–Crippen LogP) is 1.91. The SMILES string of the molecule is CCNCc1cc(S(=O)(=O)NC2CC(OC)C2)ccc1Cl. The van der Waals surface area contributed by atoms with E-state index in [1.54, 1.807) is 19.2 Å². The molecule has 1 fully saturated rings. The van der Waals surface area contributed by atoms with Crippen LogP contribution in [0, 0.1) is 0 Å². The molecule has 1 aromatic rings. The quantitative estimate of drug-likeness (QED) is 0.800. The van der Waals surface area contributed by atoms with Crippen molar-refractivity contribution in [1.29, 1.82) is 0 Å². The summed E-state index contributed by atoms with van der Waals surface area (Å²) in [5.41, 5.74) is 0.782. The van der Waals surface area contributed by atoms with Gasteiger partial charge in [0.25, 0.3) is 0 Å². The predicted molar refractivity (Wildman–Crippen MR) is 83.0 cm³/mol. The van der Waals surface area contributed by atoms with E-state index in [9.17, 15) is 8.42 Å². The largest absolute Gasteiger partial charge is 0.381 e. The van der Waals surface area contributed by atoms with Crippen LogP contribution in [0.2, 0.25) is 5.02 Å². The van der Waals surface area contributed by atoms with E-state index < -0.39 is 10.0 Å². The summed E-state index contributed by atoms with van der Waals surface area (Å²) in [5, 5.41) is 3.71. The van der Waals surface area contributed by atoms with E-state index in [2.05, 4.69) is 10.0 Å². The Labute approximate surface area is 131 Å². The second-order valence-corrected chi connectivity index (χ2v) is 7.30. The Morgan fingerprint density at radius 1 is 1.38 bits per heavy atom. The standard InChI is InChI=1S/C14H21ClN2O3S/c1-3-16-9-10-6-13(4-5-14(10)15)21(18,19)17-11-7-12(8-11)20-2/h4-6,11-12,16-17H,3,7-9H2,1-2H3. The molecule has 0 heterocycles. The molecule has 5 nitrogen and oxygen atoms in total. The topological polar surface area (TPSA) is 67.4 Å². The van der Waals surface area contributed by atoms with Crippen molar-refractivity contribution < 1.29 is 13.2 Å². The Hall–Kier alpha value is -0.660. The molecule has 0 radical (unpaired) electrons. The molecule has 0 bridgehead atoms. The van der Waals surface area contributed by atoms with Crippen molar-refractivity contribution in [2.75, 3.05) is 13.7 Å². The summed E-state index contributed by atoms with van der Waals surface area (Å²) in [5.74, 6) is 0. The fourth-order valence-electron chi connectivity index (χ4n) is 2.26. The molecular weight excluding hydrogens is 312 g/mol. The number of benzene rings is 1. The zero-order chi connectivity index (χ0) is 15.5. The molecule has 7 heteroatoms. The third-order valence-corrected chi connectivity index (χ3v) is 5.53. The molecule has 0 saturated heterocycles. The minimum atomic E-state index is -3.51. The molecule has 1 aliphatic carbocycles. The van der Waals surface area contributed by atoms with Crippen molar-refractivity contribution in [2.45, 2.75) is 43.4 Å². The Bertz CT molecular complexity index is 586. The van der Waals surface area contributed by atoms with E-state index in [1.165, 1.54) is 6.07 Å². The van der Waals surface area contributed by atoms with E-state index in [1.807, 2.05) is 6.92 Å². The van der Waals surface area contributed by atoms with Gasteiger partial charge in [0.15, 0.2) is 0 Å². The van der Waals surface area contributed by atoms with Gasteiger partial charge >= 0.3 is 0 Å². The number of halogens is 1. The summed E-state index contributed by atoms with van der Waals surface area (Å²) in [6.07, 6.45) is 1.59. The maximum atomic E-state index is 12.4. The molecule has 0 spiro atoms. The highest BCUT2D eigenvalue weighted by atomic mass is 35.5. The van der Waals surface area contributed by atoms with Gasteiger partial charge in [-0.15, -0.1) is 0 Å². The summed E-state index contributed by atoms with van der Waals surface area (Å²) in [6, 6.07) is 4.74. The first-order valence-electron chi connectivity index (χ1n) is 7.00. The Kier molecular flexibility index (Phi) is 5.62. The molecular formula is C14H21ClN2O3S. The molecule has 118 valence electrons. The molecule has 0 unspecified atom stereocenters. The molecule has 0 aromatic heterocycles. The zero-order valence-electron chi connectivity index (χ0n) is 12.2. The average molecular weight is 333 g/mol. The first-order valence-corrected chi connectivity index (χ1v) is 8.86. The van der Waals surface area contributed by atoms with Crippen LogP contribution in [0.15, 0.2) is 23.1 Å². The first kappa shape index (κ1) is 16.7. The Morgan fingerprint density at radius 3 is 2.71 bits per heavy atom. The van der Waals surface area contributed by atoms with Crippen LogP contribution < -0.4 is 10.0 Å². The van der Waals surface area contributed by atoms with Gasteiger partial charge in [-0.25, -0.2) is 13.1 Å². The highest BCUT2D eigenvalue weighted by Crippen LogP contribution is 2.26. The van der Waals surface area contributed by atoms with Crippen molar-refractivity contribution >= 4 is 21.6 Å². The summed E-state index contributed by atoms with van der Waals surface area (Å²) >= 11 is 6.09. The molecule has 1 aliphatic rings. The van der Waals surface area contributed by atoms with Crippen molar-refractivity contribution in [1.82, 2.24) is 10.0 Å². The lowest BCUT2D eigenvalue weighted by atomic mass is 9.90. The lowest BCUT2D eigenvalue weighted by Crippen LogP contribution is -2.47. The highest BCUT2D eigenvalue weighted by Gasteiger charge is 2.32. The van der Waals surface area contributed by atoms with Gasteiger partial charge in [0.1, 0.15) is 0 Å². The zero-order valence-corrected chi connectivity index (χ0v) is 13.8. The lowest BCUT2D eigenvalue weighted by Gasteiger charge is -2.34. The number of hydrogen-bond acceptors (Lipinski definition) is 4. The van der Waals surface area contributed by atoms with Crippen molar-refractivity contribution in [3.63, 3.8) is 0 Å². The van der Waals surface area contributed by atoms with E-state index in [-0.39, 0.29) is 17.0 Å². The first-order chi connectivity index (χ1) is 9.96. The fraction of sp³-hybridized carbons (Fsp3) is 0.571. The monoisotopic (exact) mass is 332 g/mol. The second-order valence-electron chi connectivity index (χ2n) is 5.18. The average Bonchev–Trinajstić information content (AvgIpc) is 2.41. The minimum Gasteiger partial charge on any atom is -0.381 e. The third kappa shape index (κ3) is 4.17. The van der Waals surface area contributed by atoms with E-state index in [0.29, 0.717) is 24.4 Å². The molecule has 0 atom stereocenters. The normalized spacial score (nSPS) is 22.0.